The Labute approximate surface area is 405 Å². The Hall–Kier alpha value is -8.00. The predicted molar refractivity (Wildman–Crippen MR) is 264 cm³/mol. The van der Waals surface area contributed by atoms with Gasteiger partial charge in [-0.1, -0.05) is 48.2 Å². The molecule has 0 bridgehead atoms. The van der Waals surface area contributed by atoms with Crippen molar-refractivity contribution in [3.63, 3.8) is 0 Å². The van der Waals surface area contributed by atoms with Crippen LogP contribution in [0.4, 0.5) is 11.5 Å². The van der Waals surface area contributed by atoms with E-state index in [1.807, 2.05) is 90.8 Å². The number of piperidine rings is 1. The van der Waals surface area contributed by atoms with Crippen LogP contribution in [0.3, 0.4) is 0 Å². The van der Waals surface area contributed by atoms with Crippen molar-refractivity contribution in [1.29, 1.82) is 0 Å². The molecule has 354 valence electrons. The first-order chi connectivity index (χ1) is 34.2. The van der Waals surface area contributed by atoms with E-state index < -0.39 is 29.7 Å². The van der Waals surface area contributed by atoms with Gasteiger partial charge in [-0.05, 0) is 92.0 Å². The zero-order valence-electron chi connectivity index (χ0n) is 38.9. The third-order valence-corrected chi connectivity index (χ3v) is 13.3. The maximum Gasteiger partial charge on any atom is 0.264 e. The smallest absolute Gasteiger partial charge is 0.264 e. The fraction of sp³-hybridized carbons (Fsp3) is 0.296. The molecule has 2 saturated heterocycles. The average Bonchev–Trinajstić information content (AvgIpc) is 3.65. The van der Waals surface area contributed by atoms with E-state index in [2.05, 4.69) is 42.6 Å². The first kappa shape index (κ1) is 45.8. The van der Waals surface area contributed by atoms with Gasteiger partial charge >= 0.3 is 0 Å². The summed E-state index contributed by atoms with van der Waals surface area (Å²) in [5, 5.41) is 9.83. The fourth-order valence-corrected chi connectivity index (χ4v) is 9.47. The van der Waals surface area contributed by atoms with Crippen LogP contribution in [0.5, 0.6) is 5.75 Å². The quantitative estimate of drug-likeness (QED) is 0.0764. The summed E-state index contributed by atoms with van der Waals surface area (Å²) in [5.74, 6) is 6.60. The number of aromatic nitrogens is 3. The molecule has 4 aromatic carbocycles. The van der Waals surface area contributed by atoms with Gasteiger partial charge in [0.15, 0.2) is 5.82 Å². The number of ether oxygens (including phenoxy) is 1. The topological polar surface area (TPSA) is 182 Å². The number of pyridine rings is 1. The van der Waals surface area contributed by atoms with Gasteiger partial charge in [0.05, 0.1) is 35.4 Å². The highest BCUT2D eigenvalue weighted by Gasteiger charge is 2.45. The molecule has 5 amide bonds. The van der Waals surface area contributed by atoms with Gasteiger partial charge in [-0.25, -0.2) is 9.97 Å². The van der Waals surface area contributed by atoms with Crippen molar-refractivity contribution < 1.29 is 28.7 Å². The molecule has 6 aromatic rings. The number of hydrogen-bond acceptors (Lipinski definition) is 13. The number of imide groups is 2. The van der Waals surface area contributed by atoms with Gasteiger partial charge in [0.1, 0.15) is 24.2 Å². The Morgan fingerprint density at radius 2 is 1.66 bits per heavy atom. The Bertz CT molecular complexity index is 3070. The number of piperazine rings is 1. The molecule has 0 spiro atoms. The van der Waals surface area contributed by atoms with Crippen LogP contribution in [0.15, 0.2) is 103 Å². The summed E-state index contributed by atoms with van der Waals surface area (Å²) in [6.07, 6.45) is 3.49. The minimum absolute atomic E-state index is 0.0465. The molecule has 16 heteroatoms. The molecule has 3 N–H and O–H groups in total. The molecule has 1 unspecified atom stereocenters. The summed E-state index contributed by atoms with van der Waals surface area (Å²) < 4.78 is 6.09. The second kappa shape index (κ2) is 20.3. The normalized spacial score (nSPS) is 17.1. The Balaban J connectivity index is 0.643. The molecule has 2 aromatic heterocycles. The van der Waals surface area contributed by atoms with Crippen LogP contribution < -0.4 is 20.7 Å². The van der Waals surface area contributed by atoms with Crippen LogP contribution in [-0.2, 0) is 29.2 Å². The van der Waals surface area contributed by atoms with Crippen LogP contribution in [0.1, 0.15) is 72.7 Å². The van der Waals surface area contributed by atoms with Crippen molar-refractivity contribution in [1.82, 2.24) is 39.9 Å². The van der Waals surface area contributed by atoms with Crippen LogP contribution in [-0.4, -0.2) is 130 Å². The summed E-state index contributed by atoms with van der Waals surface area (Å²) in [6.45, 7) is 7.16. The molecular formula is C54H52N10O6. The first-order valence-electron chi connectivity index (χ1n) is 23.7. The average molecular weight is 937 g/mol. The number of fused-ring (bicyclic) bond motifs is 3. The van der Waals surface area contributed by atoms with Crippen molar-refractivity contribution in [2.75, 3.05) is 70.0 Å². The van der Waals surface area contributed by atoms with Crippen molar-refractivity contribution in [3.8, 4) is 29.0 Å². The van der Waals surface area contributed by atoms with E-state index in [1.54, 1.807) is 24.4 Å². The van der Waals surface area contributed by atoms with Gasteiger partial charge in [-0.2, -0.15) is 0 Å². The zero-order chi connectivity index (χ0) is 48.1. The van der Waals surface area contributed by atoms with E-state index in [-0.39, 0.29) is 29.9 Å². The lowest BCUT2D eigenvalue weighted by Crippen LogP contribution is -2.54. The van der Waals surface area contributed by atoms with E-state index in [0.717, 1.165) is 94.5 Å². The highest BCUT2D eigenvalue weighted by molar-refractivity contribution is 6.25. The van der Waals surface area contributed by atoms with Gasteiger partial charge in [-0.3, -0.25) is 44.1 Å². The SMILES string of the molecule is CNc1nc(-c2cnc3ccccc3c2)nc2c1CCN(C(=O)c1ccc(COc3ccc(C#CCN4CCN(CCCNc5cccc6c5C(=O)N(C5CCC(=O)NC5=O)C6=O)CC4)cc3)cc1)C2. The maximum absolute atomic E-state index is 13.7. The largest absolute Gasteiger partial charge is 0.489 e. The highest BCUT2D eigenvalue weighted by atomic mass is 16.5. The van der Waals surface area contributed by atoms with Gasteiger partial charge < -0.3 is 25.2 Å². The number of para-hydroxylation sites is 1. The lowest BCUT2D eigenvalue weighted by atomic mass is 10.0. The van der Waals surface area contributed by atoms with Gasteiger partial charge in [0.25, 0.3) is 17.7 Å². The molecule has 0 radical (unpaired) electrons. The summed E-state index contributed by atoms with van der Waals surface area (Å²) in [4.78, 5) is 86.3. The van der Waals surface area contributed by atoms with E-state index in [4.69, 9.17) is 14.7 Å². The maximum atomic E-state index is 13.7. The highest BCUT2D eigenvalue weighted by Crippen LogP contribution is 2.33. The monoisotopic (exact) mass is 936 g/mol. The van der Waals surface area contributed by atoms with Crippen molar-refractivity contribution >= 4 is 51.9 Å². The van der Waals surface area contributed by atoms with Crippen molar-refractivity contribution in [3.05, 3.63) is 142 Å². The summed E-state index contributed by atoms with van der Waals surface area (Å²) in [5.41, 5.74) is 7.19. The molecule has 4 aliphatic rings. The number of hydrogen-bond donors (Lipinski definition) is 3. The van der Waals surface area contributed by atoms with Crippen LogP contribution >= 0.6 is 0 Å². The minimum Gasteiger partial charge on any atom is -0.489 e. The number of nitrogens with one attached hydrogen (secondary N) is 3. The number of carbonyl (C=O) groups is 5. The summed E-state index contributed by atoms with van der Waals surface area (Å²) >= 11 is 0. The first-order valence-corrected chi connectivity index (χ1v) is 23.7. The van der Waals surface area contributed by atoms with Crippen LogP contribution in [0, 0.1) is 11.8 Å². The lowest BCUT2D eigenvalue weighted by molar-refractivity contribution is -0.136. The van der Waals surface area contributed by atoms with Gasteiger partial charge in [-0.15, -0.1) is 0 Å². The Morgan fingerprint density at radius 3 is 2.46 bits per heavy atom. The van der Waals surface area contributed by atoms with Crippen molar-refractivity contribution in [2.45, 2.75) is 44.9 Å². The number of anilines is 2. The number of amides is 5. The van der Waals surface area contributed by atoms with E-state index in [0.29, 0.717) is 56.3 Å². The standard InChI is InChI=1S/C54H52N10O6/c1-55-50-41-22-26-63(33-45(41)58-49(60-50)39-31-38-8-2-3-10-43(38)57-32-39)52(67)37-16-12-36(13-17-37)34-70-40-18-14-35(15-19-40)7-5-24-61-27-29-62(30-28-61)25-6-23-56-44-11-4-9-42-48(44)54(69)64(53(42)68)46-20-21-47(65)59-51(46)66/h2-4,8-19,31-32,46,56H,6,20-30,33-34H2,1H3,(H,55,58,60)(H,59,65,66). The van der Waals surface area contributed by atoms with Crippen molar-refractivity contribution in [2.24, 2.45) is 0 Å². The second-order valence-electron chi connectivity index (χ2n) is 17.8. The Kier molecular flexibility index (Phi) is 13.3. The number of rotatable bonds is 13. The van der Waals surface area contributed by atoms with Crippen LogP contribution in [0.25, 0.3) is 22.3 Å². The lowest BCUT2D eigenvalue weighted by Gasteiger charge is -2.33. The predicted octanol–water partition coefficient (Wildman–Crippen LogP) is 5.38. The molecule has 0 saturated carbocycles. The molecule has 4 aliphatic heterocycles. The Morgan fingerprint density at radius 1 is 0.857 bits per heavy atom. The van der Waals surface area contributed by atoms with E-state index in [1.165, 1.54) is 0 Å². The third-order valence-electron chi connectivity index (χ3n) is 13.3. The zero-order valence-corrected chi connectivity index (χ0v) is 38.9. The van der Waals surface area contributed by atoms with Crippen LogP contribution in [0.2, 0.25) is 0 Å². The molecule has 10 rings (SSSR count). The molecule has 2 fully saturated rings. The van der Waals surface area contributed by atoms with E-state index >= 15 is 0 Å². The number of carbonyl (C=O) groups excluding carboxylic acids is 5. The third kappa shape index (κ3) is 9.80. The summed E-state index contributed by atoms with van der Waals surface area (Å²) in [6, 6.07) is 29.5. The fourth-order valence-electron chi connectivity index (χ4n) is 9.47. The number of nitrogens with zero attached hydrogens (tertiary/aromatic N) is 7. The second-order valence-corrected chi connectivity index (χ2v) is 17.8. The molecular weight excluding hydrogens is 885 g/mol. The van der Waals surface area contributed by atoms with Gasteiger partial charge in [0.2, 0.25) is 11.8 Å². The van der Waals surface area contributed by atoms with Gasteiger partial charge in [0, 0.05) is 92.3 Å². The molecule has 0 aliphatic carbocycles. The number of benzene rings is 4. The van der Waals surface area contributed by atoms with E-state index in [9.17, 15) is 24.0 Å². The molecule has 70 heavy (non-hydrogen) atoms. The summed E-state index contributed by atoms with van der Waals surface area (Å²) in [7, 11) is 1.86. The minimum atomic E-state index is -0.993. The molecule has 1 atom stereocenters. The molecule has 6 heterocycles. The molecule has 16 nitrogen and oxygen atoms in total.